The SMILES string of the molecule is Cc1ccc2cc(CN(Cc3ccc(F)cc3)S(=O)(=O)c3ccccc3F)c(=O)[nH]c2c1. The maximum absolute atomic E-state index is 14.4. The molecular formula is C24H20F2N2O3S. The molecule has 0 unspecified atom stereocenters. The molecule has 0 amide bonds. The molecule has 4 aromatic rings. The summed E-state index contributed by atoms with van der Waals surface area (Å²) in [6, 6.07) is 17.6. The minimum Gasteiger partial charge on any atom is -0.322 e. The summed E-state index contributed by atoms with van der Waals surface area (Å²) in [6.45, 7) is 1.45. The second kappa shape index (κ2) is 8.64. The van der Waals surface area contributed by atoms with Gasteiger partial charge in [-0.3, -0.25) is 4.79 Å². The molecule has 0 saturated carbocycles. The molecule has 0 atom stereocenters. The molecule has 0 aliphatic heterocycles. The quantitative estimate of drug-likeness (QED) is 0.466. The van der Waals surface area contributed by atoms with E-state index in [1.165, 1.54) is 42.5 Å². The van der Waals surface area contributed by atoms with E-state index in [0.29, 0.717) is 11.1 Å². The van der Waals surface area contributed by atoms with Gasteiger partial charge >= 0.3 is 0 Å². The van der Waals surface area contributed by atoms with Gasteiger partial charge in [0, 0.05) is 24.2 Å². The van der Waals surface area contributed by atoms with Gasteiger partial charge < -0.3 is 4.98 Å². The Bertz CT molecular complexity index is 1450. The van der Waals surface area contributed by atoms with Gasteiger partial charge in [-0.2, -0.15) is 4.31 Å². The first kappa shape index (κ1) is 21.9. The smallest absolute Gasteiger partial charge is 0.252 e. The van der Waals surface area contributed by atoms with Gasteiger partial charge in [0.25, 0.3) is 5.56 Å². The van der Waals surface area contributed by atoms with Crippen LogP contribution in [0.2, 0.25) is 0 Å². The first-order valence-corrected chi connectivity index (χ1v) is 11.3. The van der Waals surface area contributed by atoms with Crippen molar-refractivity contribution in [2.24, 2.45) is 0 Å². The van der Waals surface area contributed by atoms with E-state index in [2.05, 4.69) is 4.98 Å². The van der Waals surface area contributed by atoms with Crippen LogP contribution in [0.15, 0.2) is 82.5 Å². The Kier molecular flexibility index (Phi) is 5.90. The van der Waals surface area contributed by atoms with Gasteiger partial charge in [0.2, 0.25) is 10.0 Å². The number of pyridine rings is 1. The van der Waals surface area contributed by atoms with E-state index >= 15 is 0 Å². The van der Waals surface area contributed by atoms with E-state index < -0.39 is 32.1 Å². The average molecular weight is 454 g/mol. The molecular weight excluding hydrogens is 434 g/mol. The number of fused-ring (bicyclic) bond motifs is 1. The fourth-order valence-corrected chi connectivity index (χ4v) is 4.95. The summed E-state index contributed by atoms with van der Waals surface area (Å²) < 4.78 is 55.4. The lowest BCUT2D eigenvalue weighted by Gasteiger charge is -2.22. The summed E-state index contributed by atoms with van der Waals surface area (Å²) in [5.74, 6) is -1.35. The molecule has 32 heavy (non-hydrogen) atoms. The van der Waals surface area contributed by atoms with Gasteiger partial charge in [-0.1, -0.05) is 36.4 Å². The standard InChI is InChI=1S/C24H20F2N2O3S/c1-16-6-9-18-13-19(24(29)27-22(18)12-16)15-28(14-17-7-10-20(25)11-8-17)32(30,31)23-5-3-2-4-21(23)26/h2-13H,14-15H2,1H3,(H,27,29). The van der Waals surface area contributed by atoms with Gasteiger partial charge in [0.15, 0.2) is 0 Å². The molecule has 1 aromatic heterocycles. The van der Waals surface area contributed by atoms with Crippen molar-refractivity contribution >= 4 is 20.9 Å². The fraction of sp³-hybridized carbons (Fsp3) is 0.125. The predicted molar refractivity (Wildman–Crippen MR) is 119 cm³/mol. The van der Waals surface area contributed by atoms with Crippen LogP contribution in [0.25, 0.3) is 10.9 Å². The van der Waals surface area contributed by atoms with Crippen LogP contribution in [0.4, 0.5) is 8.78 Å². The number of hydrogen-bond acceptors (Lipinski definition) is 3. The van der Waals surface area contributed by atoms with Crippen LogP contribution >= 0.6 is 0 Å². The number of H-pyrrole nitrogens is 1. The number of nitrogens with one attached hydrogen (secondary N) is 1. The molecule has 1 heterocycles. The molecule has 0 aliphatic carbocycles. The number of halogens is 2. The van der Waals surface area contributed by atoms with Gasteiger partial charge in [0.05, 0.1) is 0 Å². The van der Waals surface area contributed by atoms with E-state index in [9.17, 15) is 22.0 Å². The Hall–Kier alpha value is -3.36. The second-order valence-corrected chi connectivity index (χ2v) is 9.45. The zero-order chi connectivity index (χ0) is 22.9. The Morgan fingerprint density at radius 2 is 1.62 bits per heavy atom. The molecule has 0 fully saturated rings. The molecule has 0 spiro atoms. The van der Waals surface area contributed by atoms with Crippen LogP contribution in [0, 0.1) is 18.6 Å². The Balaban J connectivity index is 1.79. The summed E-state index contributed by atoms with van der Waals surface area (Å²) in [4.78, 5) is 15.0. The van der Waals surface area contributed by atoms with Crippen LogP contribution in [0.1, 0.15) is 16.7 Å². The lowest BCUT2D eigenvalue weighted by molar-refractivity contribution is 0.396. The number of aryl methyl sites for hydroxylation is 1. The zero-order valence-corrected chi connectivity index (χ0v) is 18.0. The summed E-state index contributed by atoms with van der Waals surface area (Å²) in [6.07, 6.45) is 0. The number of aromatic nitrogens is 1. The number of nitrogens with zero attached hydrogens (tertiary/aromatic N) is 1. The molecule has 164 valence electrons. The van der Waals surface area contributed by atoms with Gasteiger partial charge in [-0.25, -0.2) is 17.2 Å². The van der Waals surface area contributed by atoms with Crippen LogP contribution in [0.5, 0.6) is 0 Å². The Morgan fingerprint density at radius 1 is 0.906 bits per heavy atom. The third-order valence-corrected chi connectivity index (χ3v) is 6.98. The summed E-state index contributed by atoms with van der Waals surface area (Å²) in [5, 5.41) is 0.746. The largest absolute Gasteiger partial charge is 0.322 e. The monoisotopic (exact) mass is 454 g/mol. The van der Waals surface area contributed by atoms with Crippen LogP contribution < -0.4 is 5.56 Å². The van der Waals surface area contributed by atoms with E-state index in [1.807, 2.05) is 25.1 Å². The topological polar surface area (TPSA) is 70.2 Å². The van der Waals surface area contributed by atoms with Crippen LogP contribution in [-0.4, -0.2) is 17.7 Å². The molecule has 0 bridgehead atoms. The van der Waals surface area contributed by atoms with Crippen molar-refractivity contribution in [3.05, 3.63) is 111 Å². The molecule has 5 nitrogen and oxygen atoms in total. The number of aromatic amines is 1. The molecule has 0 aliphatic rings. The first-order valence-electron chi connectivity index (χ1n) is 9.86. The van der Waals surface area contributed by atoms with Gasteiger partial charge in [0.1, 0.15) is 16.5 Å². The van der Waals surface area contributed by atoms with Crippen LogP contribution in [-0.2, 0) is 23.1 Å². The predicted octanol–water partition coefficient (Wildman–Crippen LogP) is 4.51. The number of hydrogen-bond donors (Lipinski definition) is 1. The van der Waals surface area contributed by atoms with Crippen molar-refractivity contribution in [1.29, 1.82) is 0 Å². The normalized spacial score (nSPS) is 11.9. The van der Waals surface area contributed by atoms with Crippen molar-refractivity contribution in [2.45, 2.75) is 24.9 Å². The average Bonchev–Trinajstić information content (AvgIpc) is 2.75. The minimum atomic E-state index is -4.30. The van der Waals surface area contributed by atoms with Crippen molar-refractivity contribution in [3.63, 3.8) is 0 Å². The van der Waals surface area contributed by atoms with Gasteiger partial charge in [-0.15, -0.1) is 0 Å². The molecule has 4 rings (SSSR count). The summed E-state index contributed by atoms with van der Waals surface area (Å²) in [7, 11) is -4.30. The summed E-state index contributed by atoms with van der Waals surface area (Å²) in [5.41, 5.74) is 1.89. The van der Waals surface area contributed by atoms with Crippen molar-refractivity contribution in [3.8, 4) is 0 Å². The molecule has 1 N–H and O–H groups in total. The lowest BCUT2D eigenvalue weighted by Crippen LogP contribution is -2.33. The number of sulfonamides is 1. The highest BCUT2D eigenvalue weighted by Gasteiger charge is 2.28. The van der Waals surface area contributed by atoms with E-state index in [4.69, 9.17) is 0 Å². The molecule has 0 radical (unpaired) electrons. The van der Waals surface area contributed by atoms with Gasteiger partial charge in [-0.05, 0) is 59.8 Å². The molecule has 3 aromatic carbocycles. The maximum atomic E-state index is 14.4. The Morgan fingerprint density at radius 3 is 2.34 bits per heavy atom. The highest BCUT2D eigenvalue weighted by atomic mass is 32.2. The van der Waals surface area contributed by atoms with E-state index in [-0.39, 0.29) is 18.7 Å². The van der Waals surface area contributed by atoms with Crippen molar-refractivity contribution < 1.29 is 17.2 Å². The zero-order valence-electron chi connectivity index (χ0n) is 17.2. The van der Waals surface area contributed by atoms with E-state index in [0.717, 1.165) is 21.3 Å². The Labute approximate surface area is 184 Å². The van der Waals surface area contributed by atoms with E-state index in [1.54, 1.807) is 6.07 Å². The van der Waals surface area contributed by atoms with Crippen molar-refractivity contribution in [2.75, 3.05) is 0 Å². The van der Waals surface area contributed by atoms with Crippen molar-refractivity contribution in [1.82, 2.24) is 9.29 Å². The third kappa shape index (κ3) is 4.46. The highest BCUT2D eigenvalue weighted by molar-refractivity contribution is 7.89. The minimum absolute atomic E-state index is 0.164. The summed E-state index contributed by atoms with van der Waals surface area (Å²) >= 11 is 0. The molecule has 0 saturated heterocycles. The number of rotatable bonds is 6. The lowest BCUT2D eigenvalue weighted by atomic mass is 10.1. The fourth-order valence-electron chi connectivity index (χ4n) is 3.48. The van der Waals surface area contributed by atoms with Crippen LogP contribution in [0.3, 0.4) is 0 Å². The highest BCUT2D eigenvalue weighted by Crippen LogP contribution is 2.24. The molecule has 8 heteroatoms. The second-order valence-electron chi connectivity index (χ2n) is 7.54. The maximum Gasteiger partial charge on any atom is 0.252 e. The first-order chi connectivity index (χ1) is 15.2. The third-order valence-electron chi connectivity index (χ3n) is 5.15. The number of benzene rings is 3.